The van der Waals surface area contributed by atoms with Crippen molar-refractivity contribution in [1.82, 2.24) is 10.6 Å². The maximum Gasteiger partial charge on any atom is 0.252 e. The fourth-order valence-electron chi connectivity index (χ4n) is 2.33. The maximum absolute atomic E-state index is 13.2. The third-order valence-corrected chi connectivity index (χ3v) is 3.82. The summed E-state index contributed by atoms with van der Waals surface area (Å²) in [5, 5.41) is 6.02. The van der Waals surface area contributed by atoms with E-state index in [-0.39, 0.29) is 28.9 Å². The smallest absolute Gasteiger partial charge is 0.252 e. The summed E-state index contributed by atoms with van der Waals surface area (Å²) >= 11 is 5.77. The zero-order valence-electron chi connectivity index (χ0n) is 11.1. The monoisotopic (exact) mass is 320 g/mol. The molecule has 1 aliphatic heterocycles. The summed E-state index contributed by atoms with van der Waals surface area (Å²) in [6.07, 6.45) is 3.32. The quantitative estimate of drug-likeness (QED) is 0.895. The van der Waals surface area contributed by atoms with Gasteiger partial charge >= 0.3 is 0 Å². The molecule has 0 aliphatic carbocycles. The molecule has 1 heterocycles. The van der Waals surface area contributed by atoms with Gasteiger partial charge in [0, 0.05) is 6.54 Å². The first-order valence-corrected chi connectivity index (χ1v) is 6.99. The third-order valence-electron chi connectivity index (χ3n) is 3.43. The van der Waals surface area contributed by atoms with Crippen LogP contribution in [0.25, 0.3) is 0 Å². The first kappa shape index (κ1) is 17.2. The van der Waals surface area contributed by atoms with Gasteiger partial charge in [0.1, 0.15) is 5.82 Å². The van der Waals surface area contributed by atoms with Gasteiger partial charge in [0.05, 0.1) is 10.6 Å². The van der Waals surface area contributed by atoms with Crippen molar-refractivity contribution >= 4 is 29.9 Å². The molecular formula is C14H19Cl2FN2O. The van der Waals surface area contributed by atoms with Crippen LogP contribution in [0.3, 0.4) is 0 Å². The molecule has 20 heavy (non-hydrogen) atoms. The Morgan fingerprint density at radius 3 is 3.00 bits per heavy atom. The first-order valence-electron chi connectivity index (χ1n) is 6.61. The second-order valence-electron chi connectivity index (χ2n) is 4.86. The van der Waals surface area contributed by atoms with E-state index >= 15 is 0 Å². The Kier molecular flexibility index (Phi) is 7.27. The van der Waals surface area contributed by atoms with E-state index in [9.17, 15) is 9.18 Å². The molecular weight excluding hydrogens is 302 g/mol. The van der Waals surface area contributed by atoms with Gasteiger partial charge in [-0.25, -0.2) is 4.39 Å². The molecule has 1 fully saturated rings. The van der Waals surface area contributed by atoms with Crippen molar-refractivity contribution in [3.05, 3.63) is 34.6 Å². The van der Waals surface area contributed by atoms with E-state index in [1.807, 2.05) is 0 Å². The summed E-state index contributed by atoms with van der Waals surface area (Å²) in [5.41, 5.74) is 0.198. The predicted molar refractivity (Wildman–Crippen MR) is 81.2 cm³/mol. The van der Waals surface area contributed by atoms with Crippen molar-refractivity contribution in [2.75, 3.05) is 19.6 Å². The Morgan fingerprint density at radius 1 is 1.50 bits per heavy atom. The highest BCUT2D eigenvalue weighted by Gasteiger charge is 2.15. The average molecular weight is 321 g/mol. The minimum Gasteiger partial charge on any atom is -0.352 e. The van der Waals surface area contributed by atoms with Crippen molar-refractivity contribution in [3.8, 4) is 0 Å². The fourth-order valence-corrected chi connectivity index (χ4v) is 2.55. The Morgan fingerprint density at radius 2 is 2.30 bits per heavy atom. The molecule has 2 N–H and O–H groups in total. The molecule has 1 aromatic rings. The minimum atomic E-state index is -0.564. The van der Waals surface area contributed by atoms with Crippen molar-refractivity contribution in [2.45, 2.75) is 19.3 Å². The molecule has 3 nitrogen and oxygen atoms in total. The van der Waals surface area contributed by atoms with E-state index < -0.39 is 5.82 Å². The lowest BCUT2D eigenvalue weighted by Crippen LogP contribution is -2.33. The first-order chi connectivity index (χ1) is 9.18. The molecule has 0 radical (unpaired) electrons. The lowest BCUT2D eigenvalue weighted by atomic mass is 9.96. The van der Waals surface area contributed by atoms with Crippen LogP contribution in [0, 0.1) is 11.7 Å². The molecule has 2 rings (SSSR count). The van der Waals surface area contributed by atoms with Crippen LogP contribution in [-0.2, 0) is 0 Å². The second-order valence-corrected chi connectivity index (χ2v) is 5.24. The standard InChI is InChI=1S/C14H18ClFN2O.ClH/c15-13-11(4-1-5-12(13)16)14(19)18-8-6-10-3-2-7-17-9-10;/h1,4-5,10,17H,2-3,6-9H2,(H,18,19);1H. The van der Waals surface area contributed by atoms with Crippen LogP contribution in [0.5, 0.6) is 0 Å². The minimum absolute atomic E-state index is 0. The lowest BCUT2D eigenvalue weighted by molar-refractivity contribution is 0.0950. The van der Waals surface area contributed by atoms with E-state index in [1.54, 1.807) is 0 Å². The van der Waals surface area contributed by atoms with E-state index in [0.717, 1.165) is 19.5 Å². The summed E-state index contributed by atoms with van der Waals surface area (Å²) < 4.78 is 13.2. The zero-order valence-corrected chi connectivity index (χ0v) is 12.7. The molecule has 6 heteroatoms. The van der Waals surface area contributed by atoms with Crippen LogP contribution in [0.4, 0.5) is 4.39 Å². The second kappa shape index (κ2) is 8.45. The van der Waals surface area contributed by atoms with Gasteiger partial charge in [0.15, 0.2) is 0 Å². The number of piperidine rings is 1. The van der Waals surface area contributed by atoms with Gasteiger partial charge in [-0.3, -0.25) is 4.79 Å². The summed E-state index contributed by atoms with van der Waals surface area (Å²) in [7, 11) is 0. The molecule has 1 amide bonds. The molecule has 1 saturated heterocycles. The molecule has 0 spiro atoms. The fraction of sp³-hybridized carbons (Fsp3) is 0.500. The molecule has 112 valence electrons. The SMILES string of the molecule is Cl.O=C(NCCC1CCCNC1)c1cccc(F)c1Cl. The Balaban J connectivity index is 0.00000200. The van der Waals surface area contributed by atoms with Gasteiger partial charge in [-0.2, -0.15) is 0 Å². The van der Waals surface area contributed by atoms with Gasteiger partial charge < -0.3 is 10.6 Å². The molecule has 0 bridgehead atoms. The van der Waals surface area contributed by atoms with E-state index in [2.05, 4.69) is 10.6 Å². The molecule has 0 saturated carbocycles. The van der Waals surface area contributed by atoms with Gasteiger partial charge in [0.25, 0.3) is 5.91 Å². The largest absolute Gasteiger partial charge is 0.352 e. The Bertz CT molecular complexity index is 451. The summed E-state index contributed by atoms with van der Waals surface area (Å²) in [5.74, 6) is -0.268. The third kappa shape index (κ3) is 4.62. The van der Waals surface area contributed by atoms with Crippen molar-refractivity contribution in [3.63, 3.8) is 0 Å². The van der Waals surface area contributed by atoms with E-state index in [4.69, 9.17) is 11.6 Å². The van der Waals surface area contributed by atoms with Gasteiger partial charge in [-0.1, -0.05) is 17.7 Å². The number of benzene rings is 1. The number of amides is 1. The van der Waals surface area contributed by atoms with E-state index in [0.29, 0.717) is 12.5 Å². The van der Waals surface area contributed by atoms with Gasteiger partial charge in [-0.05, 0) is 50.4 Å². The number of hydrogen-bond donors (Lipinski definition) is 2. The number of rotatable bonds is 4. The predicted octanol–water partition coefficient (Wildman–Crippen LogP) is 3.02. The molecule has 1 unspecified atom stereocenters. The highest BCUT2D eigenvalue weighted by molar-refractivity contribution is 6.34. The summed E-state index contributed by atoms with van der Waals surface area (Å²) in [4.78, 5) is 11.9. The normalized spacial score (nSPS) is 18.2. The Hall–Kier alpha value is -0.840. The van der Waals surface area contributed by atoms with Crippen LogP contribution in [0.2, 0.25) is 5.02 Å². The van der Waals surface area contributed by atoms with Crippen LogP contribution < -0.4 is 10.6 Å². The summed E-state index contributed by atoms with van der Waals surface area (Å²) in [6.45, 7) is 2.69. The van der Waals surface area contributed by atoms with Crippen LogP contribution in [0.1, 0.15) is 29.6 Å². The molecule has 1 aromatic carbocycles. The zero-order chi connectivity index (χ0) is 13.7. The van der Waals surface area contributed by atoms with Crippen LogP contribution >= 0.6 is 24.0 Å². The summed E-state index contributed by atoms with van der Waals surface area (Å²) in [6, 6.07) is 4.26. The van der Waals surface area contributed by atoms with Gasteiger partial charge in [-0.15, -0.1) is 12.4 Å². The van der Waals surface area contributed by atoms with E-state index in [1.165, 1.54) is 31.0 Å². The molecule has 1 aliphatic rings. The number of halogens is 3. The number of carbonyl (C=O) groups excluding carboxylic acids is 1. The number of nitrogens with one attached hydrogen (secondary N) is 2. The van der Waals surface area contributed by atoms with Crippen molar-refractivity contribution < 1.29 is 9.18 Å². The van der Waals surface area contributed by atoms with Crippen LogP contribution in [0.15, 0.2) is 18.2 Å². The highest BCUT2D eigenvalue weighted by Crippen LogP contribution is 2.19. The molecule has 1 atom stereocenters. The van der Waals surface area contributed by atoms with Crippen molar-refractivity contribution in [1.29, 1.82) is 0 Å². The van der Waals surface area contributed by atoms with Crippen molar-refractivity contribution in [2.24, 2.45) is 5.92 Å². The highest BCUT2D eigenvalue weighted by atomic mass is 35.5. The topological polar surface area (TPSA) is 41.1 Å². The number of hydrogen-bond acceptors (Lipinski definition) is 2. The lowest BCUT2D eigenvalue weighted by Gasteiger charge is -2.22. The number of carbonyl (C=O) groups is 1. The van der Waals surface area contributed by atoms with Crippen LogP contribution in [-0.4, -0.2) is 25.5 Å². The maximum atomic E-state index is 13.2. The molecule has 0 aromatic heterocycles. The average Bonchev–Trinajstić information content (AvgIpc) is 2.43. The van der Waals surface area contributed by atoms with Gasteiger partial charge in [0.2, 0.25) is 0 Å². The Labute approximate surface area is 129 Å².